The van der Waals surface area contributed by atoms with Crippen molar-refractivity contribution in [3.05, 3.63) is 41.2 Å². The Bertz CT molecular complexity index is 876. The second-order valence-corrected chi connectivity index (χ2v) is 10.1. The van der Waals surface area contributed by atoms with E-state index in [1.54, 1.807) is 6.08 Å². The van der Waals surface area contributed by atoms with Gasteiger partial charge in [-0.15, -0.1) is 0 Å². The topological polar surface area (TPSA) is 97.8 Å². The maximum atomic E-state index is 12.5. The zero-order valence-corrected chi connectivity index (χ0v) is 19.4. The van der Waals surface area contributed by atoms with Gasteiger partial charge in [0.2, 0.25) is 0 Å². The molecule has 4 atom stereocenters. The number of nitrogens with zero attached hydrogens (tertiary/aromatic N) is 1. The number of aryl methyl sites for hydroxylation is 2. The number of carbonyl (C=O) groups is 2. The number of esters is 1. The van der Waals surface area contributed by atoms with Crippen molar-refractivity contribution in [3.8, 4) is 0 Å². The predicted octanol–water partition coefficient (Wildman–Crippen LogP) is 3.68. The molecule has 4 rings (SSSR count). The molecule has 32 heavy (non-hydrogen) atoms. The Hall–Kier alpha value is -1.90. The van der Waals surface area contributed by atoms with Crippen LogP contribution in [0.5, 0.6) is 0 Å². The zero-order chi connectivity index (χ0) is 22.6. The Morgan fingerprint density at radius 3 is 2.78 bits per heavy atom. The Morgan fingerprint density at radius 1 is 1.16 bits per heavy atom. The number of amides is 1. The molecule has 4 heterocycles. The first kappa shape index (κ1) is 23.3. The van der Waals surface area contributed by atoms with Crippen molar-refractivity contribution in [3.63, 3.8) is 0 Å². The number of fused-ring (bicyclic) bond motifs is 3. The van der Waals surface area contributed by atoms with Crippen molar-refractivity contribution in [1.82, 2.24) is 10.3 Å². The molecule has 0 saturated carbocycles. The molecular formula is C24H32N2O5S. The van der Waals surface area contributed by atoms with E-state index in [0.717, 1.165) is 62.3 Å². The van der Waals surface area contributed by atoms with E-state index < -0.39 is 17.9 Å². The molecule has 8 heteroatoms. The molecule has 0 radical (unpaired) electrons. The second-order valence-electron chi connectivity index (χ2n) is 9.11. The third-order valence-electron chi connectivity index (χ3n) is 6.53. The van der Waals surface area contributed by atoms with Crippen molar-refractivity contribution in [2.75, 3.05) is 5.75 Å². The minimum absolute atomic E-state index is 0.155. The van der Waals surface area contributed by atoms with Gasteiger partial charge in [-0.05, 0) is 69.1 Å². The smallest absolute Gasteiger partial charge is 0.330 e. The lowest BCUT2D eigenvalue weighted by Crippen LogP contribution is -2.58. The molecule has 2 fully saturated rings. The van der Waals surface area contributed by atoms with Gasteiger partial charge in [-0.2, -0.15) is 0 Å². The third-order valence-corrected chi connectivity index (χ3v) is 7.41. The highest BCUT2D eigenvalue weighted by atomic mass is 32.2. The quantitative estimate of drug-likeness (QED) is 0.617. The number of nitrogens with one attached hydrogen (secondary N) is 1. The second kappa shape index (κ2) is 10.4. The number of thioether (sulfide) groups is 1. The summed E-state index contributed by atoms with van der Waals surface area (Å²) < 4.78 is 11.9. The van der Waals surface area contributed by atoms with E-state index in [4.69, 9.17) is 9.47 Å². The van der Waals surface area contributed by atoms with E-state index in [0.29, 0.717) is 12.2 Å². The van der Waals surface area contributed by atoms with Gasteiger partial charge in [0.05, 0.1) is 12.1 Å². The van der Waals surface area contributed by atoms with Crippen LogP contribution in [-0.2, 0) is 27.1 Å². The van der Waals surface area contributed by atoms with Gasteiger partial charge < -0.3 is 19.9 Å². The first-order valence-electron chi connectivity index (χ1n) is 11.5. The van der Waals surface area contributed by atoms with Gasteiger partial charge in [0.25, 0.3) is 5.24 Å². The van der Waals surface area contributed by atoms with E-state index >= 15 is 0 Å². The number of allylic oxidation sites excluding steroid dienone is 1. The molecule has 2 saturated heterocycles. The molecule has 1 aromatic heterocycles. The largest absolute Gasteiger partial charge is 0.459 e. The maximum absolute atomic E-state index is 12.5. The van der Waals surface area contributed by atoms with Gasteiger partial charge in [0.15, 0.2) is 5.79 Å². The molecule has 3 aliphatic rings. The van der Waals surface area contributed by atoms with Gasteiger partial charge in [-0.3, -0.25) is 9.78 Å². The predicted molar refractivity (Wildman–Crippen MR) is 122 cm³/mol. The number of aliphatic hydroxyl groups is 1. The molecule has 0 aromatic carbocycles. The summed E-state index contributed by atoms with van der Waals surface area (Å²) in [6.45, 7) is 1.95. The Morgan fingerprint density at radius 2 is 1.97 bits per heavy atom. The van der Waals surface area contributed by atoms with Crippen molar-refractivity contribution in [1.29, 1.82) is 0 Å². The van der Waals surface area contributed by atoms with Crippen LogP contribution >= 0.6 is 11.8 Å². The first-order valence-corrected chi connectivity index (χ1v) is 12.5. The number of hydrogen-bond donors (Lipinski definition) is 2. The SMILES string of the molecule is C/C1=C/C(=O)OC2CC(CCCc3ccncc3CCCC1)O[C@@](O)([C@@H]1CSC(=O)N1)C2. The summed E-state index contributed by atoms with van der Waals surface area (Å²) in [4.78, 5) is 28.6. The minimum atomic E-state index is -1.54. The number of hydrogen-bond acceptors (Lipinski definition) is 7. The van der Waals surface area contributed by atoms with Crippen LogP contribution in [0, 0.1) is 0 Å². The highest BCUT2D eigenvalue weighted by Gasteiger charge is 2.49. The molecule has 2 bridgehead atoms. The van der Waals surface area contributed by atoms with Crippen molar-refractivity contribution < 1.29 is 24.2 Å². The van der Waals surface area contributed by atoms with Crippen LogP contribution in [0.3, 0.4) is 0 Å². The Kier molecular flexibility index (Phi) is 7.53. The zero-order valence-electron chi connectivity index (χ0n) is 18.5. The lowest BCUT2D eigenvalue weighted by atomic mass is 9.90. The lowest BCUT2D eigenvalue weighted by Gasteiger charge is -2.43. The van der Waals surface area contributed by atoms with Gasteiger partial charge in [-0.1, -0.05) is 17.3 Å². The number of rotatable bonds is 1. The normalized spacial score (nSPS) is 34.1. The molecular weight excluding hydrogens is 428 g/mol. The average Bonchev–Trinajstić information content (AvgIpc) is 3.18. The highest BCUT2D eigenvalue weighted by molar-refractivity contribution is 8.14. The summed E-state index contributed by atoms with van der Waals surface area (Å²) in [6, 6.07) is 1.58. The fourth-order valence-corrected chi connectivity index (χ4v) is 5.73. The summed E-state index contributed by atoms with van der Waals surface area (Å²) in [7, 11) is 0. The molecule has 3 aliphatic heterocycles. The van der Waals surface area contributed by atoms with Crippen LogP contribution in [0.25, 0.3) is 0 Å². The van der Waals surface area contributed by atoms with Crippen LogP contribution in [0.4, 0.5) is 4.79 Å². The van der Waals surface area contributed by atoms with Crippen LogP contribution in [0.1, 0.15) is 63.0 Å². The lowest BCUT2D eigenvalue weighted by molar-refractivity contribution is -0.283. The van der Waals surface area contributed by atoms with Gasteiger partial charge in [0.1, 0.15) is 6.10 Å². The maximum Gasteiger partial charge on any atom is 0.330 e. The molecule has 2 unspecified atom stereocenters. The van der Waals surface area contributed by atoms with Crippen LogP contribution in [0.2, 0.25) is 0 Å². The third kappa shape index (κ3) is 5.91. The summed E-state index contributed by atoms with van der Waals surface area (Å²) in [6.07, 6.45) is 11.8. The summed E-state index contributed by atoms with van der Waals surface area (Å²) in [5.74, 6) is -1.48. The molecule has 0 spiro atoms. The van der Waals surface area contributed by atoms with Gasteiger partial charge in [-0.25, -0.2) is 4.79 Å². The summed E-state index contributed by atoms with van der Waals surface area (Å²) >= 11 is 1.14. The fourth-order valence-electron chi connectivity index (χ4n) is 4.84. The molecule has 0 aliphatic carbocycles. The monoisotopic (exact) mass is 460 g/mol. The molecule has 174 valence electrons. The molecule has 2 N–H and O–H groups in total. The molecule has 7 nitrogen and oxygen atoms in total. The van der Waals surface area contributed by atoms with E-state index in [9.17, 15) is 14.7 Å². The van der Waals surface area contributed by atoms with E-state index in [-0.39, 0.29) is 23.7 Å². The van der Waals surface area contributed by atoms with Crippen LogP contribution < -0.4 is 5.32 Å². The standard InChI is InChI=1S/C24H32N2O5S/c1-16-5-2-3-6-18-14-25-10-9-17(18)7-4-8-19-12-20(30-22(27)11-16)13-24(29,31-19)21-15-32-23(28)26-21/h9-11,14,19-21,29H,2-8,12-13,15H2,1H3,(H,26,28)/b16-11-/t19?,20?,21-,24+/m0/s1. The summed E-state index contributed by atoms with van der Waals surface area (Å²) in [5, 5.41) is 13.9. The fraction of sp³-hybridized carbons (Fsp3) is 0.625. The van der Waals surface area contributed by atoms with Crippen molar-refractivity contribution in [2.45, 2.75) is 88.7 Å². The number of ether oxygens (including phenoxy) is 2. The highest BCUT2D eigenvalue weighted by Crippen LogP contribution is 2.36. The molecule has 1 amide bonds. The Labute approximate surface area is 193 Å². The van der Waals surface area contributed by atoms with Gasteiger partial charge >= 0.3 is 5.97 Å². The first-order chi connectivity index (χ1) is 15.4. The van der Waals surface area contributed by atoms with Crippen molar-refractivity contribution >= 4 is 23.0 Å². The van der Waals surface area contributed by atoms with Crippen LogP contribution in [-0.4, -0.2) is 51.1 Å². The Balaban J connectivity index is 1.54. The minimum Gasteiger partial charge on any atom is -0.459 e. The van der Waals surface area contributed by atoms with E-state index in [1.165, 1.54) is 11.1 Å². The van der Waals surface area contributed by atoms with Crippen LogP contribution in [0.15, 0.2) is 30.1 Å². The number of pyridine rings is 1. The van der Waals surface area contributed by atoms with E-state index in [2.05, 4.69) is 16.4 Å². The van der Waals surface area contributed by atoms with E-state index in [1.807, 2.05) is 19.3 Å². The number of aromatic nitrogens is 1. The number of carbonyl (C=O) groups excluding carboxylic acids is 2. The average molecular weight is 461 g/mol. The van der Waals surface area contributed by atoms with Crippen molar-refractivity contribution in [2.24, 2.45) is 0 Å². The molecule has 1 aromatic rings. The van der Waals surface area contributed by atoms with Gasteiger partial charge in [0, 0.05) is 37.1 Å². The summed E-state index contributed by atoms with van der Waals surface area (Å²) in [5.41, 5.74) is 3.59.